The summed E-state index contributed by atoms with van der Waals surface area (Å²) in [6.07, 6.45) is 0. The molecule has 1 aromatic heterocycles. The Hall–Kier alpha value is -6.08. The maximum Gasteiger partial charge on any atom is 0.160 e. The van der Waals surface area contributed by atoms with Gasteiger partial charge in [0.1, 0.15) is 0 Å². The van der Waals surface area contributed by atoms with Gasteiger partial charge in [-0.1, -0.05) is 133 Å². The Bertz CT molecular complexity index is 2340. The highest BCUT2D eigenvalue weighted by Crippen LogP contribution is 2.55. The Morgan fingerprint density at radius 2 is 0.692 bits per heavy atom. The van der Waals surface area contributed by atoms with E-state index >= 15 is 0 Å². The molecule has 0 atom stereocenters. The zero-order chi connectivity index (χ0) is 34.4. The van der Waals surface area contributed by atoms with E-state index in [2.05, 4.69) is 168 Å². The van der Waals surface area contributed by atoms with Crippen LogP contribution in [0.15, 0.2) is 202 Å². The largest absolute Gasteiger partial charge is 0.308 e. The molecule has 0 amide bonds. The summed E-state index contributed by atoms with van der Waals surface area (Å²) in [6.45, 7) is 0. The molecule has 10 rings (SSSR count). The van der Waals surface area contributed by atoms with Gasteiger partial charge < -0.3 is 9.80 Å². The molecule has 246 valence electrons. The lowest BCUT2D eigenvalue weighted by Gasteiger charge is -2.36. The summed E-state index contributed by atoms with van der Waals surface area (Å²) < 4.78 is 0. The zero-order valence-electron chi connectivity index (χ0n) is 27.9. The number of anilines is 6. The highest BCUT2D eigenvalue weighted by Gasteiger charge is 2.29. The predicted octanol–water partition coefficient (Wildman–Crippen LogP) is 13.3. The second kappa shape index (κ2) is 12.9. The number of rotatable bonds is 5. The second-order valence-corrected chi connectivity index (χ2v) is 14.8. The molecule has 2 aliphatic heterocycles. The number of hydrogen-bond acceptors (Lipinski definition) is 6. The van der Waals surface area contributed by atoms with Crippen LogP contribution in [0, 0.1) is 0 Å². The van der Waals surface area contributed by atoms with Crippen LogP contribution in [-0.2, 0) is 0 Å². The number of fused-ring (bicyclic) bond motifs is 4. The molecule has 3 heterocycles. The highest BCUT2D eigenvalue weighted by atomic mass is 32.2. The van der Waals surface area contributed by atoms with Gasteiger partial charge in [-0.3, -0.25) is 0 Å². The molecule has 0 spiro atoms. The Balaban J connectivity index is 1.26. The third-order valence-electron chi connectivity index (χ3n) is 9.41. The summed E-state index contributed by atoms with van der Waals surface area (Å²) in [5, 5.41) is 0. The van der Waals surface area contributed by atoms with Crippen molar-refractivity contribution in [3.63, 3.8) is 0 Å². The molecular formula is C46H30N4S2. The van der Waals surface area contributed by atoms with Crippen LogP contribution in [-0.4, -0.2) is 9.97 Å². The van der Waals surface area contributed by atoms with E-state index in [4.69, 9.17) is 9.97 Å². The van der Waals surface area contributed by atoms with E-state index in [1.165, 1.54) is 19.6 Å². The molecule has 8 aromatic rings. The van der Waals surface area contributed by atoms with Crippen molar-refractivity contribution in [3.05, 3.63) is 182 Å². The van der Waals surface area contributed by atoms with Crippen molar-refractivity contribution in [2.75, 3.05) is 9.80 Å². The Kier molecular flexibility index (Phi) is 7.63. The van der Waals surface area contributed by atoms with Crippen molar-refractivity contribution >= 4 is 57.6 Å². The molecule has 0 unspecified atom stereocenters. The molecule has 0 aliphatic carbocycles. The normalized spacial score (nSPS) is 12.8. The van der Waals surface area contributed by atoms with E-state index in [1.54, 1.807) is 0 Å². The number of benzene rings is 7. The highest BCUT2D eigenvalue weighted by molar-refractivity contribution is 8.00. The lowest BCUT2D eigenvalue weighted by atomic mass is 10.0. The summed E-state index contributed by atoms with van der Waals surface area (Å²) in [4.78, 5) is 20.1. The molecule has 0 bridgehead atoms. The second-order valence-electron chi connectivity index (χ2n) is 12.7. The smallest absolute Gasteiger partial charge is 0.160 e. The monoisotopic (exact) mass is 702 g/mol. The molecule has 6 heteroatoms. The molecule has 0 radical (unpaired) electrons. The van der Waals surface area contributed by atoms with Crippen molar-refractivity contribution in [1.82, 2.24) is 9.97 Å². The first-order valence-corrected chi connectivity index (χ1v) is 18.9. The summed E-state index contributed by atoms with van der Waals surface area (Å²) in [5.74, 6) is 0.694. The number of hydrogen-bond donors (Lipinski definition) is 0. The van der Waals surface area contributed by atoms with Crippen LogP contribution < -0.4 is 9.80 Å². The molecule has 7 aromatic carbocycles. The van der Waals surface area contributed by atoms with Crippen LogP contribution >= 0.6 is 23.5 Å². The maximum atomic E-state index is 5.29. The molecule has 4 nitrogen and oxygen atoms in total. The minimum Gasteiger partial charge on any atom is -0.308 e. The number of nitrogens with zero attached hydrogens (tertiary/aromatic N) is 4. The average Bonchev–Trinajstić information content (AvgIpc) is 3.22. The lowest BCUT2D eigenvalue weighted by Crippen LogP contribution is -2.18. The Morgan fingerprint density at radius 3 is 1.13 bits per heavy atom. The van der Waals surface area contributed by atoms with E-state index in [-0.39, 0.29) is 0 Å². The number of para-hydroxylation sites is 4. The van der Waals surface area contributed by atoms with Crippen LogP contribution in [0.25, 0.3) is 33.9 Å². The van der Waals surface area contributed by atoms with E-state index in [0.717, 1.165) is 62.2 Å². The van der Waals surface area contributed by atoms with Gasteiger partial charge in [0.05, 0.1) is 34.1 Å². The fourth-order valence-electron chi connectivity index (χ4n) is 7.04. The first-order valence-electron chi connectivity index (χ1n) is 17.2. The van der Waals surface area contributed by atoms with Crippen LogP contribution in [0.2, 0.25) is 0 Å². The fraction of sp³-hybridized carbons (Fsp3) is 0. The standard InChI is InChI=1S/C46H30N4S2/c1-3-15-31(16-4-1)36-30-37(48-46(47-36)32-17-5-2-6-18-32)33-27-34(49-38-19-7-11-23-42(38)51-43-24-12-8-20-39(43)49)29-35(28-33)50-40-21-9-13-25-44(40)52-45-26-14-10-22-41(45)50/h1-30H. The van der Waals surface area contributed by atoms with Crippen LogP contribution in [0.3, 0.4) is 0 Å². The minimum atomic E-state index is 0.694. The van der Waals surface area contributed by atoms with Crippen LogP contribution in [0.4, 0.5) is 34.1 Å². The van der Waals surface area contributed by atoms with Gasteiger partial charge in [-0.15, -0.1) is 0 Å². The molecular weight excluding hydrogens is 673 g/mol. The first kappa shape index (κ1) is 30.7. The third-order valence-corrected chi connectivity index (χ3v) is 11.7. The van der Waals surface area contributed by atoms with E-state index in [9.17, 15) is 0 Å². The predicted molar refractivity (Wildman–Crippen MR) is 216 cm³/mol. The Labute approximate surface area is 311 Å². The topological polar surface area (TPSA) is 32.3 Å². The van der Waals surface area contributed by atoms with Crippen molar-refractivity contribution < 1.29 is 0 Å². The van der Waals surface area contributed by atoms with Crippen molar-refractivity contribution in [3.8, 4) is 33.9 Å². The van der Waals surface area contributed by atoms with E-state index in [1.807, 2.05) is 47.8 Å². The van der Waals surface area contributed by atoms with Gasteiger partial charge in [0.2, 0.25) is 0 Å². The minimum absolute atomic E-state index is 0.694. The molecule has 52 heavy (non-hydrogen) atoms. The van der Waals surface area contributed by atoms with Crippen LogP contribution in [0.5, 0.6) is 0 Å². The quantitative estimate of drug-likeness (QED) is 0.178. The van der Waals surface area contributed by atoms with Gasteiger partial charge in [-0.25, -0.2) is 9.97 Å². The zero-order valence-corrected chi connectivity index (χ0v) is 29.6. The van der Waals surface area contributed by atoms with Gasteiger partial charge in [-0.05, 0) is 72.8 Å². The van der Waals surface area contributed by atoms with Crippen LogP contribution in [0.1, 0.15) is 0 Å². The van der Waals surface area contributed by atoms with Gasteiger partial charge in [0, 0.05) is 47.6 Å². The van der Waals surface area contributed by atoms with Gasteiger partial charge >= 0.3 is 0 Å². The van der Waals surface area contributed by atoms with Gasteiger partial charge in [0.25, 0.3) is 0 Å². The first-order chi connectivity index (χ1) is 25.8. The van der Waals surface area contributed by atoms with E-state index < -0.39 is 0 Å². The summed E-state index contributed by atoms with van der Waals surface area (Å²) >= 11 is 3.64. The SMILES string of the molecule is c1ccc(-c2cc(-c3cc(N4c5ccccc5Sc5ccccc54)cc(N4c5ccccc5Sc5ccccc54)c3)nc(-c3ccccc3)n2)cc1. The Morgan fingerprint density at radius 1 is 0.327 bits per heavy atom. The lowest BCUT2D eigenvalue weighted by molar-refractivity contribution is 1.14. The van der Waals surface area contributed by atoms with E-state index in [0.29, 0.717) is 5.82 Å². The molecule has 0 saturated carbocycles. The average molecular weight is 703 g/mol. The fourth-order valence-corrected chi connectivity index (χ4v) is 9.15. The molecule has 2 aliphatic rings. The summed E-state index contributed by atoms with van der Waals surface area (Å²) in [6, 6.07) is 64.4. The molecule has 0 saturated heterocycles. The van der Waals surface area contributed by atoms with Crippen molar-refractivity contribution in [1.29, 1.82) is 0 Å². The van der Waals surface area contributed by atoms with Gasteiger partial charge in [-0.2, -0.15) is 0 Å². The summed E-state index contributed by atoms with van der Waals surface area (Å²) in [7, 11) is 0. The molecule has 0 N–H and O–H groups in total. The number of aromatic nitrogens is 2. The maximum absolute atomic E-state index is 5.29. The van der Waals surface area contributed by atoms with Gasteiger partial charge in [0.15, 0.2) is 5.82 Å². The summed E-state index contributed by atoms with van der Waals surface area (Å²) in [5.41, 5.74) is 11.5. The molecule has 0 fully saturated rings. The third kappa shape index (κ3) is 5.44. The van der Waals surface area contributed by atoms with Crippen molar-refractivity contribution in [2.45, 2.75) is 19.6 Å². The van der Waals surface area contributed by atoms with Crippen molar-refractivity contribution in [2.24, 2.45) is 0 Å².